The van der Waals surface area contributed by atoms with Crippen LogP contribution < -0.4 is 27.2 Å². The molecule has 1 saturated heterocycles. The molecule has 4 amide bonds. The van der Waals surface area contributed by atoms with Crippen LogP contribution in [0.25, 0.3) is 11.2 Å². The van der Waals surface area contributed by atoms with E-state index in [1.54, 1.807) is 21.3 Å². The molecule has 3 rings (SSSR count). The summed E-state index contributed by atoms with van der Waals surface area (Å²) in [4.78, 5) is 101. The summed E-state index contributed by atoms with van der Waals surface area (Å²) in [5.41, 5.74) is 7.66. The zero-order chi connectivity index (χ0) is 82.4. The molecule has 0 radical (unpaired) electrons. The quantitative estimate of drug-likeness (QED) is 0.0348. The number of ether oxygens (including phenoxy) is 20. The van der Waals surface area contributed by atoms with Gasteiger partial charge in [0.2, 0.25) is 23.6 Å². The number of aliphatic hydroxyl groups excluding tert-OH is 2. The second kappa shape index (κ2) is 70.6. The number of Topliss-reactive ketones (excluding diaryl/α,β-unsaturated/α-hetero) is 2. The van der Waals surface area contributed by atoms with Gasteiger partial charge < -0.3 is 127 Å². The van der Waals surface area contributed by atoms with E-state index in [0.29, 0.717) is 163 Å². The van der Waals surface area contributed by atoms with Gasteiger partial charge in [-0.05, 0) is 38.0 Å². The first-order valence-corrected chi connectivity index (χ1v) is 39.5. The van der Waals surface area contributed by atoms with Crippen LogP contribution in [0.1, 0.15) is 104 Å². The van der Waals surface area contributed by atoms with Crippen molar-refractivity contribution in [1.29, 1.82) is 0 Å². The summed E-state index contributed by atoms with van der Waals surface area (Å²) < 4.78 is 113. The maximum Gasteiger partial charge on any atom is 0.243 e. The average Bonchev–Trinajstić information content (AvgIpc) is 1.71. The topological polar surface area (TPSA) is 467 Å². The van der Waals surface area contributed by atoms with E-state index in [1.165, 1.54) is 17.2 Å². The van der Waals surface area contributed by atoms with Crippen LogP contribution >= 0.6 is 0 Å². The number of hydrogen-bond acceptors (Lipinski definition) is 35. The molecule has 0 bridgehead atoms. The van der Waals surface area contributed by atoms with Gasteiger partial charge in [0.25, 0.3) is 0 Å². The predicted molar refractivity (Wildman–Crippen MR) is 408 cm³/mol. The average molecular weight is 1640 g/mol. The fourth-order valence-electron chi connectivity index (χ4n) is 10.3. The van der Waals surface area contributed by atoms with Gasteiger partial charge in [0.1, 0.15) is 35.1 Å². The first-order valence-electron chi connectivity index (χ1n) is 39.5. The molecule has 1 aliphatic rings. The molecule has 0 saturated carbocycles. The molecule has 114 heavy (non-hydrogen) atoms. The maximum atomic E-state index is 13.8. The van der Waals surface area contributed by atoms with Gasteiger partial charge in [0.05, 0.1) is 238 Å². The number of hydroxylamine groups is 3. The Morgan fingerprint density at radius 2 is 0.842 bits per heavy atom. The third-order valence-corrected chi connectivity index (χ3v) is 16.2. The number of nitrogens with zero attached hydrogens (tertiary/aromatic N) is 5. The summed E-state index contributed by atoms with van der Waals surface area (Å²) in [6.45, 7) is 14.7. The molecule has 1 aliphatic heterocycles. The number of imidazole rings is 1. The zero-order valence-corrected chi connectivity index (χ0v) is 67.9. The Bertz CT molecular complexity index is 2610. The number of carbonyl (C=O) groups excluding carboxylic acids is 6. The number of hydrogen-bond donors (Lipinski definition) is 7. The van der Waals surface area contributed by atoms with Gasteiger partial charge in [0.15, 0.2) is 30.1 Å². The molecular formula is C74H134N10O30. The predicted octanol–water partition coefficient (Wildman–Crippen LogP) is 0.382. The minimum absolute atomic E-state index is 0.0120. The Hall–Kier alpha value is -5.43. The van der Waals surface area contributed by atoms with E-state index in [9.17, 15) is 39.0 Å². The molecule has 660 valence electrons. The number of ketones is 2. The van der Waals surface area contributed by atoms with Gasteiger partial charge in [-0.3, -0.25) is 43.0 Å². The summed E-state index contributed by atoms with van der Waals surface area (Å²) in [5.74, 6) is -1.15. The number of carbonyl (C=O) groups is 6. The monoisotopic (exact) mass is 1640 g/mol. The molecule has 0 aromatic carbocycles. The molecule has 3 heterocycles. The van der Waals surface area contributed by atoms with E-state index in [0.717, 1.165) is 5.06 Å². The van der Waals surface area contributed by atoms with Crippen molar-refractivity contribution in [3.05, 3.63) is 12.7 Å². The van der Waals surface area contributed by atoms with Crippen LogP contribution in [0.5, 0.6) is 0 Å². The van der Waals surface area contributed by atoms with Gasteiger partial charge in [-0.15, -0.1) is 5.06 Å². The van der Waals surface area contributed by atoms with E-state index < -0.39 is 42.1 Å². The normalized spacial score (nSPS) is 15.3. The molecular weight excluding hydrogens is 1510 g/mol. The fraction of sp³-hybridized carbons (Fsp3) is 0.851. The van der Waals surface area contributed by atoms with Gasteiger partial charge >= 0.3 is 0 Å². The Labute approximate surface area is 670 Å². The number of anilines is 1. The molecule has 2 aromatic rings. The largest absolute Gasteiger partial charge is 0.382 e. The molecule has 0 aliphatic carbocycles. The molecule has 3 unspecified atom stereocenters. The lowest BCUT2D eigenvalue weighted by Gasteiger charge is -2.45. The van der Waals surface area contributed by atoms with Crippen LogP contribution in [-0.2, 0) is 133 Å². The SMILES string of the molecule is COCCOCCOCCOCCCC(=O)CCOCC(COCCC(=O)CCCOCCOCCOCCOC)(COCCC(=O)NCCOCCOCCOCCOC)NC(=O)CCOCCOCCOCCOCCNC(=O)CCCC(=O)NOCCCON1C(O)C(n2cnc3c(N)ncnc32)O[C@H](CC(C)C)C1O. The Morgan fingerprint density at radius 3 is 1.31 bits per heavy atom. The summed E-state index contributed by atoms with van der Waals surface area (Å²) in [5, 5.41) is 32.1. The highest BCUT2D eigenvalue weighted by atomic mass is 16.7. The number of amides is 4. The number of nitrogens with two attached hydrogens (primary N) is 1. The Balaban J connectivity index is 1.37. The van der Waals surface area contributed by atoms with Crippen LogP contribution in [-0.4, -0.2) is 373 Å². The number of fused-ring (bicyclic) bond motifs is 1. The van der Waals surface area contributed by atoms with Crippen molar-refractivity contribution in [2.75, 3.05) is 285 Å². The van der Waals surface area contributed by atoms with Crippen LogP contribution in [0.2, 0.25) is 0 Å². The van der Waals surface area contributed by atoms with Gasteiger partial charge in [-0.1, -0.05) is 13.8 Å². The molecule has 40 heteroatoms. The van der Waals surface area contributed by atoms with E-state index in [1.807, 2.05) is 13.8 Å². The number of rotatable bonds is 82. The van der Waals surface area contributed by atoms with E-state index in [4.69, 9.17) is 110 Å². The highest BCUT2D eigenvalue weighted by Crippen LogP contribution is 2.34. The van der Waals surface area contributed by atoms with Crippen molar-refractivity contribution in [3.8, 4) is 0 Å². The number of methoxy groups -OCH3 is 3. The summed E-state index contributed by atoms with van der Waals surface area (Å²) >= 11 is 0. The van der Waals surface area contributed by atoms with E-state index >= 15 is 0 Å². The molecule has 1 fully saturated rings. The van der Waals surface area contributed by atoms with Gasteiger partial charge in [-0.25, -0.2) is 20.4 Å². The van der Waals surface area contributed by atoms with Crippen LogP contribution in [0, 0.1) is 5.92 Å². The third-order valence-electron chi connectivity index (χ3n) is 16.2. The first kappa shape index (κ1) is 103. The van der Waals surface area contributed by atoms with Crippen molar-refractivity contribution in [2.24, 2.45) is 5.92 Å². The van der Waals surface area contributed by atoms with Crippen molar-refractivity contribution >= 4 is 52.2 Å². The molecule has 0 spiro atoms. The van der Waals surface area contributed by atoms with Crippen molar-refractivity contribution < 1.29 is 143 Å². The highest BCUT2D eigenvalue weighted by Gasteiger charge is 2.45. The standard InChI is InChI=1S/C74H134N10O30/c1-60(2)54-63-71(91)84(72(92)73(114-63)83-59-80-68-69(75)78-58-79-70(68)83)113-23-9-22-112-82-67(90)13-6-12-64(87)76-18-28-99-39-45-108-53-52-106-43-38-98-26-17-66(89)81-74(55-109-24-14-61(85)10-7-20-96-36-41-104-49-46-101-33-30-93-3,56-110-25-15-62(86)11-8-21-97-37-42-105-50-47-102-34-31-94-4)57-111-27-16-65(88)77-19-29-100-40-44-107-51-48-103-35-32-95-5/h58-60,63,71-73,91-92H,6-57H2,1-5H3,(H,76,87)(H,77,88)(H,81,89)(H,82,90)(H2,75,78,79)/t63-,71?,72?,73?/m1/s1. The van der Waals surface area contributed by atoms with Gasteiger partial charge in [-0.2, -0.15) is 0 Å². The van der Waals surface area contributed by atoms with Gasteiger partial charge in [0, 0.05) is 99.0 Å². The number of morpholine rings is 1. The molecule has 2 aromatic heterocycles. The smallest absolute Gasteiger partial charge is 0.243 e. The zero-order valence-electron chi connectivity index (χ0n) is 67.9. The van der Waals surface area contributed by atoms with E-state index in [2.05, 4.69) is 36.4 Å². The lowest BCUT2D eigenvalue weighted by Crippen LogP contribution is -2.59. The van der Waals surface area contributed by atoms with Crippen molar-refractivity contribution in [3.63, 3.8) is 0 Å². The van der Waals surface area contributed by atoms with Crippen molar-refractivity contribution in [1.82, 2.24) is 46.0 Å². The Morgan fingerprint density at radius 1 is 0.439 bits per heavy atom. The lowest BCUT2D eigenvalue weighted by molar-refractivity contribution is -0.390. The third kappa shape index (κ3) is 53.1. The highest BCUT2D eigenvalue weighted by molar-refractivity contribution is 5.81. The molecule has 8 N–H and O–H groups in total. The fourth-order valence-corrected chi connectivity index (χ4v) is 10.3. The van der Waals surface area contributed by atoms with Crippen LogP contribution in [0.15, 0.2) is 12.7 Å². The molecule has 4 atom stereocenters. The summed E-state index contributed by atoms with van der Waals surface area (Å²) in [7, 11) is 4.82. The number of aromatic nitrogens is 4. The minimum atomic E-state index is -1.46. The summed E-state index contributed by atoms with van der Waals surface area (Å²) in [6.07, 6.45) is 0.952. The number of nitrogens with one attached hydrogen (secondary N) is 4. The second-order valence-electron chi connectivity index (χ2n) is 26.3. The number of aliphatic hydroxyl groups is 2. The lowest BCUT2D eigenvalue weighted by atomic mass is 10.0. The summed E-state index contributed by atoms with van der Waals surface area (Å²) in [6, 6.07) is 0. The van der Waals surface area contributed by atoms with Crippen LogP contribution in [0.4, 0.5) is 5.82 Å². The minimum Gasteiger partial charge on any atom is -0.382 e. The van der Waals surface area contributed by atoms with Crippen LogP contribution in [0.3, 0.4) is 0 Å². The Kier molecular flexibility index (Phi) is 63.6. The van der Waals surface area contributed by atoms with Crippen molar-refractivity contribution in [2.45, 2.75) is 128 Å². The maximum absolute atomic E-state index is 13.8. The van der Waals surface area contributed by atoms with E-state index in [-0.39, 0.29) is 225 Å². The number of nitrogen functional groups attached to an aromatic ring is 1. The molecule has 40 nitrogen and oxygen atoms in total. The second-order valence-corrected chi connectivity index (χ2v) is 26.3. The first-order chi connectivity index (χ1) is 55.6.